The summed E-state index contributed by atoms with van der Waals surface area (Å²) in [7, 11) is 3.24. The molecule has 2 heterocycles. The molecule has 0 saturated carbocycles. The van der Waals surface area contributed by atoms with Crippen LogP contribution in [0.2, 0.25) is 0 Å². The lowest BCUT2D eigenvalue weighted by atomic mass is 10.2. The fourth-order valence-corrected chi connectivity index (χ4v) is 3.05. The standard InChI is InChI=1S/C21H26N2O4/c1-13(2)11-22-21(24)19-10-20-18(6-14(3)27-20)23(19)12-15-7-16(25-4)9-17(8-15)26-5/h6-10,13H,11-12H2,1-5H3,(H,22,24). The summed E-state index contributed by atoms with van der Waals surface area (Å²) in [4.78, 5) is 12.7. The third kappa shape index (κ3) is 4.10. The van der Waals surface area contributed by atoms with Gasteiger partial charge in [0.1, 0.15) is 23.0 Å². The Morgan fingerprint density at radius 2 is 1.78 bits per heavy atom. The molecule has 0 spiro atoms. The minimum Gasteiger partial charge on any atom is -0.497 e. The summed E-state index contributed by atoms with van der Waals surface area (Å²) in [6.07, 6.45) is 0. The van der Waals surface area contributed by atoms with E-state index < -0.39 is 0 Å². The highest BCUT2D eigenvalue weighted by Crippen LogP contribution is 2.28. The Balaban J connectivity index is 2.01. The number of amides is 1. The number of carbonyl (C=O) groups is 1. The minimum absolute atomic E-state index is 0.109. The van der Waals surface area contributed by atoms with Gasteiger partial charge in [-0.1, -0.05) is 13.8 Å². The molecular weight excluding hydrogens is 344 g/mol. The monoisotopic (exact) mass is 370 g/mol. The van der Waals surface area contributed by atoms with Gasteiger partial charge in [-0.3, -0.25) is 4.79 Å². The van der Waals surface area contributed by atoms with E-state index in [1.807, 2.05) is 35.8 Å². The van der Waals surface area contributed by atoms with E-state index in [0.29, 0.717) is 41.8 Å². The summed E-state index contributed by atoms with van der Waals surface area (Å²) in [6, 6.07) is 9.46. The molecule has 0 saturated heterocycles. The van der Waals surface area contributed by atoms with Crippen LogP contribution in [0.15, 0.2) is 34.7 Å². The van der Waals surface area contributed by atoms with Gasteiger partial charge in [-0.05, 0) is 30.5 Å². The number of benzene rings is 1. The fraction of sp³-hybridized carbons (Fsp3) is 0.381. The van der Waals surface area contributed by atoms with E-state index in [4.69, 9.17) is 13.9 Å². The number of fused-ring (bicyclic) bond motifs is 1. The zero-order chi connectivity index (χ0) is 19.6. The Labute approximate surface area is 159 Å². The van der Waals surface area contributed by atoms with Gasteiger partial charge in [0.15, 0.2) is 5.58 Å². The molecule has 6 heteroatoms. The van der Waals surface area contributed by atoms with Gasteiger partial charge in [-0.25, -0.2) is 0 Å². The van der Waals surface area contributed by atoms with E-state index in [9.17, 15) is 4.79 Å². The van der Waals surface area contributed by atoms with E-state index in [1.165, 1.54) is 0 Å². The number of hydrogen-bond acceptors (Lipinski definition) is 4. The zero-order valence-corrected chi connectivity index (χ0v) is 16.5. The Morgan fingerprint density at radius 3 is 2.37 bits per heavy atom. The van der Waals surface area contributed by atoms with Crippen molar-refractivity contribution in [2.24, 2.45) is 5.92 Å². The lowest BCUT2D eigenvalue weighted by Crippen LogP contribution is -2.29. The molecule has 3 rings (SSSR count). The normalized spacial score (nSPS) is 11.2. The largest absolute Gasteiger partial charge is 0.497 e. The smallest absolute Gasteiger partial charge is 0.268 e. The second-order valence-corrected chi connectivity index (χ2v) is 7.05. The SMILES string of the molecule is COc1cc(Cn2c(C(=O)NCC(C)C)cc3oc(C)cc32)cc(OC)c1. The van der Waals surface area contributed by atoms with Crippen molar-refractivity contribution in [3.63, 3.8) is 0 Å². The van der Waals surface area contributed by atoms with E-state index in [1.54, 1.807) is 20.3 Å². The molecule has 0 bridgehead atoms. The molecule has 2 aromatic heterocycles. The summed E-state index contributed by atoms with van der Waals surface area (Å²) in [6.45, 7) is 7.16. The third-order valence-corrected chi connectivity index (χ3v) is 4.37. The highest BCUT2D eigenvalue weighted by Gasteiger charge is 2.19. The lowest BCUT2D eigenvalue weighted by Gasteiger charge is -2.13. The Hall–Kier alpha value is -2.89. The number of carbonyl (C=O) groups excluding carboxylic acids is 1. The molecule has 1 aromatic carbocycles. The van der Waals surface area contributed by atoms with Crippen LogP contribution < -0.4 is 14.8 Å². The van der Waals surface area contributed by atoms with Crippen LogP contribution in [-0.2, 0) is 6.54 Å². The molecule has 0 fully saturated rings. The van der Waals surface area contributed by atoms with Crippen LogP contribution in [0.4, 0.5) is 0 Å². The molecule has 1 N–H and O–H groups in total. The second kappa shape index (κ2) is 7.78. The number of ether oxygens (including phenoxy) is 2. The summed E-state index contributed by atoms with van der Waals surface area (Å²) < 4.78 is 18.4. The van der Waals surface area contributed by atoms with Crippen LogP contribution in [-0.4, -0.2) is 31.2 Å². The predicted octanol–water partition coefficient (Wildman–Crippen LogP) is 3.99. The third-order valence-electron chi connectivity index (χ3n) is 4.37. The van der Waals surface area contributed by atoms with Gasteiger partial charge in [0.25, 0.3) is 5.91 Å². The molecule has 0 aliphatic rings. The van der Waals surface area contributed by atoms with Crippen molar-refractivity contribution in [3.05, 3.63) is 47.3 Å². The topological polar surface area (TPSA) is 65.6 Å². The highest BCUT2D eigenvalue weighted by atomic mass is 16.5. The van der Waals surface area contributed by atoms with Crippen LogP contribution >= 0.6 is 0 Å². The first-order valence-electron chi connectivity index (χ1n) is 9.01. The van der Waals surface area contributed by atoms with Crippen LogP contribution in [0.25, 0.3) is 11.1 Å². The van der Waals surface area contributed by atoms with Gasteiger partial charge in [-0.2, -0.15) is 0 Å². The quantitative estimate of drug-likeness (QED) is 0.683. The molecule has 3 aromatic rings. The number of hydrogen-bond donors (Lipinski definition) is 1. The van der Waals surface area contributed by atoms with E-state index >= 15 is 0 Å². The van der Waals surface area contributed by atoms with Crippen molar-refractivity contribution in [1.82, 2.24) is 9.88 Å². The first-order chi connectivity index (χ1) is 12.9. The zero-order valence-electron chi connectivity index (χ0n) is 16.5. The maximum absolute atomic E-state index is 12.7. The molecule has 6 nitrogen and oxygen atoms in total. The Morgan fingerprint density at radius 1 is 1.11 bits per heavy atom. The van der Waals surface area contributed by atoms with Crippen molar-refractivity contribution in [2.75, 3.05) is 20.8 Å². The van der Waals surface area contributed by atoms with Crippen molar-refractivity contribution in [3.8, 4) is 11.5 Å². The molecule has 0 aliphatic carbocycles. The van der Waals surface area contributed by atoms with Crippen LogP contribution in [0.1, 0.15) is 35.7 Å². The Kier molecular flexibility index (Phi) is 5.44. The molecule has 0 atom stereocenters. The number of furan rings is 1. The molecule has 144 valence electrons. The van der Waals surface area contributed by atoms with Gasteiger partial charge in [0, 0.05) is 31.3 Å². The van der Waals surface area contributed by atoms with Crippen LogP contribution in [0, 0.1) is 12.8 Å². The number of aromatic nitrogens is 1. The maximum Gasteiger partial charge on any atom is 0.268 e. The molecule has 0 radical (unpaired) electrons. The molecule has 27 heavy (non-hydrogen) atoms. The van der Waals surface area contributed by atoms with E-state index in [-0.39, 0.29) is 5.91 Å². The van der Waals surface area contributed by atoms with Crippen molar-refractivity contribution in [2.45, 2.75) is 27.3 Å². The first kappa shape index (κ1) is 18.9. The van der Waals surface area contributed by atoms with Crippen LogP contribution in [0.5, 0.6) is 11.5 Å². The van der Waals surface area contributed by atoms with Crippen molar-refractivity contribution < 1.29 is 18.7 Å². The second-order valence-electron chi connectivity index (χ2n) is 7.05. The van der Waals surface area contributed by atoms with Crippen molar-refractivity contribution in [1.29, 1.82) is 0 Å². The average Bonchev–Trinajstić information content (AvgIpc) is 3.16. The summed E-state index contributed by atoms with van der Waals surface area (Å²) in [5.41, 5.74) is 3.15. The van der Waals surface area contributed by atoms with Crippen LogP contribution in [0.3, 0.4) is 0 Å². The summed E-state index contributed by atoms with van der Waals surface area (Å²) in [5, 5.41) is 2.98. The van der Waals surface area contributed by atoms with Gasteiger partial charge in [-0.15, -0.1) is 0 Å². The number of aryl methyl sites for hydroxylation is 1. The van der Waals surface area contributed by atoms with E-state index in [0.717, 1.165) is 16.8 Å². The van der Waals surface area contributed by atoms with Gasteiger partial charge in [0.05, 0.1) is 19.7 Å². The van der Waals surface area contributed by atoms with E-state index in [2.05, 4.69) is 19.2 Å². The minimum atomic E-state index is -0.109. The highest BCUT2D eigenvalue weighted by molar-refractivity contribution is 5.97. The van der Waals surface area contributed by atoms with Crippen molar-refractivity contribution >= 4 is 17.0 Å². The van der Waals surface area contributed by atoms with Gasteiger partial charge < -0.3 is 23.8 Å². The molecule has 0 unspecified atom stereocenters. The maximum atomic E-state index is 12.7. The molecular formula is C21H26N2O4. The molecule has 0 aliphatic heterocycles. The lowest BCUT2D eigenvalue weighted by molar-refractivity contribution is 0.0940. The Bertz CT molecular complexity index is 930. The number of nitrogens with one attached hydrogen (secondary N) is 1. The number of methoxy groups -OCH3 is 2. The first-order valence-corrected chi connectivity index (χ1v) is 9.01. The molecule has 1 amide bonds. The van der Waals surface area contributed by atoms with Gasteiger partial charge >= 0.3 is 0 Å². The number of nitrogens with zero attached hydrogens (tertiary/aromatic N) is 1. The fourth-order valence-electron chi connectivity index (χ4n) is 3.05. The number of rotatable bonds is 7. The summed E-state index contributed by atoms with van der Waals surface area (Å²) in [5.74, 6) is 2.50. The predicted molar refractivity (Wildman–Crippen MR) is 105 cm³/mol. The summed E-state index contributed by atoms with van der Waals surface area (Å²) >= 11 is 0. The van der Waals surface area contributed by atoms with Gasteiger partial charge in [0.2, 0.25) is 0 Å². The average molecular weight is 370 g/mol.